The van der Waals surface area contributed by atoms with E-state index in [1.54, 1.807) is 6.92 Å². The molecule has 388 valence electrons. The molecule has 5 heterocycles. The molecule has 4 aliphatic carbocycles. The molecule has 5 aliphatic heterocycles. The van der Waals surface area contributed by atoms with Crippen LogP contribution in [0.5, 0.6) is 0 Å². The molecule has 29 atom stereocenters. The second-order valence-electron chi connectivity index (χ2n) is 21.9. The van der Waals surface area contributed by atoms with Crippen LogP contribution in [0.25, 0.3) is 0 Å². The van der Waals surface area contributed by atoms with Gasteiger partial charge in [-0.3, -0.25) is 4.79 Å². The van der Waals surface area contributed by atoms with E-state index in [0.717, 1.165) is 31.3 Å². The molecule has 0 aromatic carbocycles. The fourth-order valence-corrected chi connectivity index (χ4v) is 14.6. The minimum Gasteiger partial charge on any atom is -0.462 e. The van der Waals surface area contributed by atoms with Crippen LogP contribution < -0.4 is 0 Å². The second-order valence-corrected chi connectivity index (χ2v) is 21.9. The lowest BCUT2D eigenvalue weighted by Gasteiger charge is -2.60. The Morgan fingerprint density at radius 2 is 1.35 bits per heavy atom. The number of allylic oxidation sites excluding steroid dienone is 1. The number of fused-ring (bicyclic) bond motifs is 7. The maximum Gasteiger partial charge on any atom is 0.302 e. The molecule has 8 fully saturated rings. The third kappa shape index (κ3) is 8.15. The molecule has 0 aromatic rings. The van der Waals surface area contributed by atoms with Gasteiger partial charge in [0.25, 0.3) is 0 Å². The molecule has 0 unspecified atom stereocenters. The van der Waals surface area contributed by atoms with Gasteiger partial charge in [0, 0.05) is 30.6 Å². The molecule has 0 amide bonds. The molecular weight excluding hydrogens is 900 g/mol. The van der Waals surface area contributed by atoms with Gasteiger partial charge in [-0.05, 0) is 68.1 Å². The summed E-state index contributed by atoms with van der Waals surface area (Å²) in [5.74, 6) is -1.27. The number of carbonyl (C=O) groups is 1. The highest BCUT2D eigenvalue weighted by molar-refractivity contribution is 5.66. The topological polar surface area (TPSA) is 323 Å². The van der Waals surface area contributed by atoms with Gasteiger partial charge in [0.1, 0.15) is 79.4 Å². The van der Waals surface area contributed by atoms with E-state index in [4.69, 9.17) is 42.6 Å². The Kier molecular flexibility index (Phi) is 14.4. The van der Waals surface area contributed by atoms with Crippen LogP contribution in [-0.4, -0.2) is 210 Å². The van der Waals surface area contributed by atoms with Crippen LogP contribution >= 0.6 is 0 Å². The average Bonchev–Trinajstić information content (AvgIpc) is 3.76. The van der Waals surface area contributed by atoms with Crippen LogP contribution in [0.3, 0.4) is 0 Å². The summed E-state index contributed by atoms with van der Waals surface area (Å²) in [5.41, 5.74) is 0.412. The van der Waals surface area contributed by atoms with Crippen molar-refractivity contribution in [1.29, 1.82) is 0 Å². The van der Waals surface area contributed by atoms with Crippen LogP contribution in [0.2, 0.25) is 0 Å². The van der Waals surface area contributed by atoms with Crippen molar-refractivity contribution in [3.05, 3.63) is 11.6 Å². The standard InChI is InChI=1S/C47H74O21/c1-17-16-60-47(41(59)31(17)51)18(2)30-26(68-47)13-25-23-8-7-21-11-22(12-29(62-20(4)50)46(21,6)24(23)9-10-45(25,30)5)63-42-38(58)36(56)39(19(3)61-42)66-44-40(35(55)33(53)28(15-49)65-44)67-43-37(57)34(54)32(52)27(14-48)64-43/h7,17-19,22-44,48-49,51-59H,8-16H2,1-6H3/t17-,18+,19-,22-,23-,24+,25+,26+,27-,28-,29-,30+,31-,32-,33-,34+,35+,36-,37-,38-,39+,40-,41+,42+,43+,44+,45+,46+,47+/m1/s1. The SMILES string of the molecule is CC(=O)O[C@@H]1C[C@H](O[C@@H]2O[C@H](C)[C@H](O[C@@H]3O[C@H](CO)[C@@H](O)[C@H](O)[C@H]3O[C@@H]3O[C@H](CO)[C@@H](O)[C@H](O)[C@H]3O)[C@H](O)[C@H]2O)CC2=CC[C@H]3[C@@H]4C[C@@H]5O[C@@]6(OC[C@@H](C)[C@@H](O)[C@@H]6O)[C@@H](C)[C@@H]5[C@@]4(C)CC[C@@H]3[C@]21C. The molecule has 1 spiro atoms. The molecule has 0 bridgehead atoms. The summed E-state index contributed by atoms with van der Waals surface area (Å²) in [6, 6.07) is 0. The summed E-state index contributed by atoms with van der Waals surface area (Å²) < 4.78 is 55.0. The van der Waals surface area contributed by atoms with Crippen LogP contribution in [-0.2, 0) is 47.4 Å². The van der Waals surface area contributed by atoms with Crippen LogP contribution in [0.4, 0.5) is 0 Å². The summed E-state index contributed by atoms with van der Waals surface area (Å²) in [6.07, 6.45) is -21.5. The van der Waals surface area contributed by atoms with Crippen molar-refractivity contribution in [2.75, 3.05) is 19.8 Å². The average molecular weight is 975 g/mol. The molecule has 11 N–H and O–H groups in total. The largest absolute Gasteiger partial charge is 0.462 e. The van der Waals surface area contributed by atoms with E-state index in [9.17, 15) is 61.0 Å². The highest BCUT2D eigenvalue weighted by atomic mass is 16.8. The smallest absolute Gasteiger partial charge is 0.302 e. The minimum atomic E-state index is -1.90. The number of hydrogen-bond acceptors (Lipinski definition) is 21. The third-order valence-corrected chi connectivity index (χ3v) is 18.3. The number of esters is 1. The Morgan fingerprint density at radius 3 is 2.03 bits per heavy atom. The van der Waals surface area contributed by atoms with Crippen molar-refractivity contribution in [1.82, 2.24) is 0 Å². The molecule has 5 saturated heterocycles. The van der Waals surface area contributed by atoms with Gasteiger partial charge in [0.15, 0.2) is 24.7 Å². The van der Waals surface area contributed by atoms with Crippen molar-refractivity contribution in [3.63, 3.8) is 0 Å². The predicted octanol–water partition coefficient (Wildman–Crippen LogP) is -2.30. The van der Waals surface area contributed by atoms with E-state index < -0.39 is 147 Å². The molecule has 0 radical (unpaired) electrons. The summed E-state index contributed by atoms with van der Waals surface area (Å²) in [4.78, 5) is 12.9. The van der Waals surface area contributed by atoms with Gasteiger partial charge in [0.2, 0.25) is 0 Å². The predicted molar refractivity (Wildman–Crippen MR) is 228 cm³/mol. The lowest BCUT2D eigenvalue weighted by Crippen LogP contribution is -2.66. The third-order valence-electron chi connectivity index (χ3n) is 18.3. The summed E-state index contributed by atoms with van der Waals surface area (Å²) in [6.45, 7) is 10.1. The first kappa shape index (κ1) is 51.4. The van der Waals surface area contributed by atoms with Crippen molar-refractivity contribution < 1.29 is 104 Å². The number of aliphatic hydroxyl groups excluding tert-OH is 11. The first-order valence-corrected chi connectivity index (χ1v) is 24.6. The molecule has 68 heavy (non-hydrogen) atoms. The van der Waals surface area contributed by atoms with E-state index >= 15 is 0 Å². The maximum atomic E-state index is 12.9. The molecule has 21 heteroatoms. The van der Waals surface area contributed by atoms with E-state index in [-0.39, 0.29) is 53.4 Å². The van der Waals surface area contributed by atoms with Crippen molar-refractivity contribution in [2.24, 2.45) is 46.3 Å². The number of carbonyl (C=O) groups excluding carboxylic acids is 1. The molecule has 9 aliphatic rings. The van der Waals surface area contributed by atoms with Crippen LogP contribution in [0.1, 0.15) is 80.1 Å². The number of rotatable bonds is 9. The number of ether oxygens (including phenoxy) is 9. The highest BCUT2D eigenvalue weighted by Gasteiger charge is 2.72. The lowest BCUT2D eigenvalue weighted by atomic mass is 9.46. The van der Waals surface area contributed by atoms with E-state index in [0.29, 0.717) is 13.0 Å². The normalized spacial score (nSPS) is 56.8. The van der Waals surface area contributed by atoms with Crippen molar-refractivity contribution in [3.8, 4) is 0 Å². The fourth-order valence-electron chi connectivity index (χ4n) is 14.6. The van der Waals surface area contributed by atoms with Gasteiger partial charge in [-0.25, -0.2) is 0 Å². The van der Waals surface area contributed by atoms with Gasteiger partial charge in [-0.15, -0.1) is 0 Å². The first-order valence-electron chi connectivity index (χ1n) is 24.6. The zero-order valence-corrected chi connectivity index (χ0v) is 39.5. The molecular formula is C47H74O21. The zero-order chi connectivity index (χ0) is 49.1. The minimum absolute atomic E-state index is 0.110. The molecule has 21 nitrogen and oxygen atoms in total. The molecule has 0 aromatic heterocycles. The molecule has 9 rings (SSSR count). The Labute approximate surface area is 395 Å². The summed E-state index contributed by atoms with van der Waals surface area (Å²) in [5, 5.41) is 118. The van der Waals surface area contributed by atoms with E-state index in [2.05, 4.69) is 26.8 Å². The highest BCUT2D eigenvalue weighted by Crippen LogP contribution is 2.71. The Bertz CT molecular complexity index is 1840. The number of aliphatic hydroxyl groups is 11. The monoisotopic (exact) mass is 974 g/mol. The Morgan fingerprint density at radius 1 is 0.735 bits per heavy atom. The maximum absolute atomic E-state index is 12.9. The Balaban J connectivity index is 0.886. The van der Waals surface area contributed by atoms with Crippen LogP contribution in [0, 0.1) is 46.3 Å². The Hall–Kier alpha value is -1.55. The van der Waals surface area contributed by atoms with Gasteiger partial charge < -0.3 is 98.8 Å². The van der Waals surface area contributed by atoms with E-state index in [1.165, 1.54) is 6.92 Å². The summed E-state index contributed by atoms with van der Waals surface area (Å²) >= 11 is 0. The van der Waals surface area contributed by atoms with Gasteiger partial charge in [0.05, 0.1) is 44.2 Å². The summed E-state index contributed by atoms with van der Waals surface area (Å²) in [7, 11) is 0. The van der Waals surface area contributed by atoms with Gasteiger partial charge >= 0.3 is 5.97 Å². The van der Waals surface area contributed by atoms with Crippen LogP contribution in [0.15, 0.2) is 11.6 Å². The quantitative estimate of drug-likeness (QED) is 0.0855. The fraction of sp³-hybridized carbons (Fsp3) is 0.936. The lowest BCUT2D eigenvalue weighted by molar-refractivity contribution is -0.388. The number of hydrogen-bond donors (Lipinski definition) is 11. The molecule has 3 saturated carbocycles. The second kappa shape index (κ2) is 19.1. The van der Waals surface area contributed by atoms with E-state index in [1.807, 2.05) is 6.92 Å². The first-order chi connectivity index (χ1) is 32.1. The van der Waals surface area contributed by atoms with Gasteiger partial charge in [-0.2, -0.15) is 0 Å². The van der Waals surface area contributed by atoms with Gasteiger partial charge in [-0.1, -0.05) is 39.3 Å². The van der Waals surface area contributed by atoms with Crippen molar-refractivity contribution in [2.45, 2.75) is 208 Å². The zero-order valence-electron chi connectivity index (χ0n) is 39.5. The van der Waals surface area contributed by atoms with Crippen molar-refractivity contribution >= 4 is 5.97 Å².